The molecule has 7 heteroatoms. The molecule has 0 saturated carbocycles. The summed E-state index contributed by atoms with van der Waals surface area (Å²) in [5.74, 6) is 1.23. The van der Waals surface area contributed by atoms with E-state index in [0.29, 0.717) is 39.6 Å². The second-order valence-corrected chi connectivity index (χ2v) is 6.17. The monoisotopic (exact) mass is 430 g/mol. The average molecular weight is 431 g/mol. The van der Waals surface area contributed by atoms with Crippen LogP contribution in [-0.2, 0) is 4.79 Å². The molecule has 0 aromatic heterocycles. The molecule has 0 radical (unpaired) electrons. The first-order valence-corrected chi connectivity index (χ1v) is 8.89. The van der Waals surface area contributed by atoms with Crippen LogP contribution in [0.4, 0.5) is 5.69 Å². The van der Waals surface area contributed by atoms with Crippen molar-refractivity contribution in [3.63, 3.8) is 0 Å². The van der Waals surface area contributed by atoms with Gasteiger partial charge in [0, 0.05) is 5.69 Å². The maximum Gasteiger partial charge on any atom is 0.266 e. The van der Waals surface area contributed by atoms with Crippen LogP contribution in [-0.4, -0.2) is 26.7 Å². The van der Waals surface area contributed by atoms with Gasteiger partial charge in [0.05, 0.1) is 25.3 Å². The van der Waals surface area contributed by atoms with Gasteiger partial charge in [-0.2, -0.15) is 5.26 Å². The van der Waals surface area contributed by atoms with Crippen LogP contribution in [0.1, 0.15) is 12.5 Å². The lowest BCUT2D eigenvalue weighted by atomic mass is 10.1. The Labute approximate surface area is 166 Å². The summed E-state index contributed by atoms with van der Waals surface area (Å²) in [6, 6.07) is 12.3. The van der Waals surface area contributed by atoms with E-state index in [-0.39, 0.29) is 5.57 Å². The van der Waals surface area contributed by atoms with Crippen molar-refractivity contribution >= 4 is 33.6 Å². The molecule has 2 aromatic rings. The van der Waals surface area contributed by atoms with Crippen LogP contribution in [0.25, 0.3) is 6.08 Å². The Morgan fingerprint density at radius 2 is 1.93 bits per heavy atom. The molecule has 6 nitrogen and oxygen atoms in total. The topological polar surface area (TPSA) is 80.6 Å². The third kappa shape index (κ3) is 5.25. The molecule has 1 N–H and O–H groups in total. The molecule has 0 aliphatic carbocycles. The van der Waals surface area contributed by atoms with Gasteiger partial charge in [-0.15, -0.1) is 0 Å². The molecular weight excluding hydrogens is 412 g/mol. The summed E-state index contributed by atoms with van der Waals surface area (Å²) in [7, 11) is 3.05. The molecule has 0 aliphatic heterocycles. The molecule has 0 unspecified atom stereocenters. The number of nitrogens with zero attached hydrogens (tertiary/aromatic N) is 1. The highest BCUT2D eigenvalue weighted by atomic mass is 79.9. The normalized spacial score (nSPS) is 10.7. The number of carbonyl (C=O) groups excluding carboxylic acids is 1. The standard InChI is InChI=1S/C20H19BrN2O4/c1-4-27-16-7-5-15(6-8-16)23-20(24)14(12-22)9-13-10-17(21)19(26-3)18(11-13)25-2/h5-11H,4H2,1-3H3,(H,23,24)/b14-9-. The number of hydrogen-bond donors (Lipinski definition) is 1. The van der Waals surface area contributed by atoms with Gasteiger partial charge in [0.15, 0.2) is 11.5 Å². The molecule has 0 atom stereocenters. The third-order valence-electron chi connectivity index (χ3n) is 3.56. The highest BCUT2D eigenvalue weighted by Crippen LogP contribution is 2.36. The largest absolute Gasteiger partial charge is 0.494 e. The molecule has 0 saturated heterocycles. The fraction of sp³-hybridized carbons (Fsp3) is 0.200. The van der Waals surface area contributed by atoms with Crippen LogP contribution in [0.5, 0.6) is 17.2 Å². The molecule has 0 bridgehead atoms. The molecule has 2 rings (SSSR count). The van der Waals surface area contributed by atoms with Crippen molar-refractivity contribution in [1.29, 1.82) is 5.26 Å². The second kappa shape index (κ2) is 9.64. The van der Waals surface area contributed by atoms with Gasteiger partial charge < -0.3 is 19.5 Å². The van der Waals surface area contributed by atoms with E-state index in [1.165, 1.54) is 20.3 Å². The molecular formula is C20H19BrN2O4. The minimum Gasteiger partial charge on any atom is -0.494 e. The minimum absolute atomic E-state index is 0.0389. The number of ether oxygens (including phenoxy) is 3. The summed E-state index contributed by atoms with van der Waals surface area (Å²) in [6.07, 6.45) is 1.48. The quantitative estimate of drug-likeness (QED) is 0.519. The maximum atomic E-state index is 12.4. The zero-order valence-corrected chi connectivity index (χ0v) is 16.8. The Balaban J connectivity index is 2.24. The third-order valence-corrected chi connectivity index (χ3v) is 4.14. The van der Waals surface area contributed by atoms with Crippen molar-refractivity contribution in [2.45, 2.75) is 6.92 Å². The first kappa shape index (κ1) is 20.3. The van der Waals surface area contributed by atoms with Gasteiger partial charge in [0.1, 0.15) is 17.4 Å². The maximum absolute atomic E-state index is 12.4. The minimum atomic E-state index is -0.507. The Morgan fingerprint density at radius 3 is 2.48 bits per heavy atom. The molecule has 0 spiro atoms. The Morgan fingerprint density at radius 1 is 1.22 bits per heavy atom. The van der Waals surface area contributed by atoms with E-state index in [9.17, 15) is 10.1 Å². The molecule has 0 heterocycles. The number of nitriles is 1. The summed E-state index contributed by atoms with van der Waals surface area (Å²) >= 11 is 3.39. The number of nitrogens with one attached hydrogen (secondary N) is 1. The Hall–Kier alpha value is -2.98. The van der Waals surface area contributed by atoms with E-state index >= 15 is 0 Å². The molecule has 0 aliphatic rings. The molecule has 2 aromatic carbocycles. The summed E-state index contributed by atoms with van der Waals surface area (Å²) in [5, 5.41) is 12.1. The van der Waals surface area contributed by atoms with Crippen molar-refractivity contribution in [2.75, 3.05) is 26.1 Å². The zero-order valence-electron chi connectivity index (χ0n) is 15.2. The summed E-state index contributed by atoms with van der Waals surface area (Å²) in [4.78, 5) is 12.4. The van der Waals surface area contributed by atoms with Crippen LogP contribution in [0.2, 0.25) is 0 Å². The SMILES string of the molecule is CCOc1ccc(NC(=O)/C(C#N)=C\c2cc(Br)c(OC)c(OC)c2)cc1. The van der Waals surface area contributed by atoms with Gasteiger partial charge in [-0.1, -0.05) is 0 Å². The van der Waals surface area contributed by atoms with Gasteiger partial charge in [-0.05, 0) is 70.9 Å². The number of amides is 1. The summed E-state index contributed by atoms with van der Waals surface area (Å²) in [5.41, 5.74) is 1.15. The lowest BCUT2D eigenvalue weighted by molar-refractivity contribution is -0.112. The highest BCUT2D eigenvalue weighted by molar-refractivity contribution is 9.10. The molecule has 140 valence electrons. The number of halogens is 1. The van der Waals surface area contributed by atoms with E-state index in [1.807, 2.05) is 13.0 Å². The van der Waals surface area contributed by atoms with E-state index < -0.39 is 5.91 Å². The number of anilines is 1. The highest BCUT2D eigenvalue weighted by Gasteiger charge is 2.13. The van der Waals surface area contributed by atoms with Gasteiger partial charge >= 0.3 is 0 Å². The molecule has 0 fully saturated rings. The van der Waals surface area contributed by atoms with E-state index in [1.54, 1.807) is 36.4 Å². The Bertz CT molecular complexity index is 886. The molecule has 1 amide bonds. The number of rotatable bonds is 7. The summed E-state index contributed by atoms with van der Waals surface area (Å²) < 4.78 is 16.6. The predicted octanol–water partition coefficient (Wildman–Crippen LogP) is 4.41. The van der Waals surface area contributed by atoms with Crippen molar-refractivity contribution in [1.82, 2.24) is 0 Å². The smallest absolute Gasteiger partial charge is 0.266 e. The lowest BCUT2D eigenvalue weighted by Crippen LogP contribution is -2.13. The van der Waals surface area contributed by atoms with Crippen molar-refractivity contribution in [3.05, 3.63) is 52.0 Å². The van der Waals surface area contributed by atoms with Crippen molar-refractivity contribution < 1.29 is 19.0 Å². The van der Waals surface area contributed by atoms with E-state index in [0.717, 1.165) is 0 Å². The van der Waals surface area contributed by atoms with Gasteiger partial charge in [0.2, 0.25) is 0 Å². The van der Waals surface area contributed by atoms with Crippen LogP contribution in [0.15, 0.2) is 46.4 Å². The fourth-order valence-corrected chi connectivity index (χ4v) is 2.96. The van der Waals surface area contributed by atoms with Crippen LogP contribution >= 0.6 is 15.9 Å². The van der Waals surface area contributed by atoms with Crippen LogP contribution in [0, 0.1) is 11.3 Å². The van der Waals surface area contributed by atoms with Gasteiger partial charge in [0.25, 0.3) is 5.91 Å². The summed E-state index contributed by atoms with van der Waals surface area (Å²) in [6.45, 7) is 2.46. The number of hydrogen-bond acceptors (Lipinski definition) is 5. The van der Waals surface area contributed by atoms with Crippen LogP contribution < -0.4 is 19.5 Å². The van der Waals surface area contributed by atoms with Crippen molar-refractivity contribution in [2.24, 2.45) is 0 Å². The van der Waals surface area contributed by atoms with E-state index in [2.05, 4.69) is 21.2 Å². The number of methoxy groups -OCH3 is 2. The predicted molar refractivity (Wildman–Crippen MR) is 107 cm³/mol. The van der Waals surface area contributed by atoms with E-state index in [4.69, 9.17) is 14.2 Å². The number of benzene rings is 2. The van der Waals surface area contributed by atoms with Crippen LogP contribution in [0.3, 0.4) is 0 Å². The molecule has 27 heavy (non-hydrogen) atoms. The fourth-order valence-electron chi connectivity index (χ4n) is 2.34. The lowest BCUT2D eigenvalue weighted by Gasteiger charge is -2.11. The average Bonchev–Trinajstić information content (AvgIpc) is 2.67. The van der Waals surface area contributed by atoms with Gasteiger partial charge in [-0.25, -0.2) is 0 Å². The first-order valence-electron chi connectivity index (χ1n) is 8.09. The first-order chi connectivity index (χ1) is 13.0. The van der Waals surface area contributed by atoms with Crippen molar-refractivity contribution in [3.8, 4) is 23.3 Å². The second-order valence-electron chi connectivity index (χ2n) is 5.32. The number of carbonyl (C=O) groups is 1. The van der Waals surface area contributed by atoms with Gasteiger partial charge in [-0.3, -0.25) is 4.79 Å². The zero-order chi connectivity index (χ0) is 19.8. The Kier molecular flexibility index (Phi) is 7.26.